The van der Waals surface area contributed by atoms with E-state index in [1.54, 1.807) is 14.2 Å². The van der Waals surface area contributed by atoms with E-state index in [0.29, 0.717) is 40.6 Å². The highest BCUT2D eigenvalue weighted by Crippen LogP contribution is 2.54. The molecule has 28 heavy (non-hydrogen) atoms. The van der Waals surface area contributed by atoms with Gasteiger partial charge in [0, 0.05) is 11.5 Å². The first-order valence-corrected chi connectivity index (χ1v) is 9.44. The minimum absolute atomic E-state index is 0.0399. The lowest BCUT2D eigenvalue weighted by molar-refractivity contribution is 0.171. The molecule has 6 nitrogen and oxygen atoms in total. The number of aromatic hydroxyl groups is 1. The Bertz CT molecular complexity index is 907. The van der Waals surface area contributed by atoms with Crippen molar-refractivity contribution >= 4 is 0 Å². The molecule has 1 aliphatic carbocycles. The molecule has 0 saturated carbocycles. The summed E-state index contributed by atoms with van der Waals surface area (Å²) < 4.78 is 27.6. The molecule has 4 rings (SSSR count). The zero-order valence-corrected chi connectivity index (χ0v) is 16.9. The highest BCUT2D eigenvalue weighted by Gasteiger charge is 2.38. The van der Waals surface area contributed by atoms with Gasteiger partial charge in [0.1, 0.15) is 0 Å². The molecule has 0 amide bonds. The largest absolute Gasteiger partial charge is 0.504 e. The maximum Gasteiger partial charge on any atom is 0.231 e. The van der Waals surface area contributed by atoms with Crippen LogP contribution < -0.4 is 23.7 Å². The Labute approximate surface area is 164 Å². The number of ether oxygens (including phenoxy) is 5. The summed E-state index contributed by atoms with van der Waals surface area (Å²) in [7, 11) is 4.74. The van der Waals surface area contributed by atoms with Gasteiger partial charge >= 0.3 is 0 Å². The third-order valence-corrected chi connectivity index (χ3v) is 6.09. The molecule has 150 valence electrons. The second-order valence-corrected chi connectivity index (χ2v) is 7.51. The molecule has 0 bridgehead atoms. The number of fused-ring (bicyclic) bond motifs is 2. The van der Waals surface area contributed by atoms with Crippen molar-refractivity contribution in [1.82, 2.24) is 0 Å². The van der Waals surface area contributed by atoms with Gasteiger partial charge in [-0.05, 0) is 47.6 Å². The zero-order valence-electron chi connectivity index (χ0n) is 16.9. The fraction of sp³-hybridized carbons (Fsp3) is 0.455. The van der Waals surface area contributed by atoms with E-state index >= 15 is 0 Å². The summed E-state index contributed by atoms with van der Waals surface area (Å²) in [5.74, 6) is 3.65. The van der Waals surface area contributed by atoms with Gasteiger partial charge in [-0.2, -0.15) is 0 Å². The quantitative estimate of drug-likeness (QED) is 0.853. The zero-order chi connectivity index (χ0) is 20.0. The number of hydrogen-bond acceptors (Lipinski definition) is 6. The van der Waals surface area contributed by atoms with Crippen LogP contribution in [0.25, 0.3) is 0 Å². The number of benzene rings is 2. The first-order valence-electron chi connectivity index (χ1n) is 9.44. The second-order valence-electron chi connectivity index (χ2n) is 7.51. The van der Waals surface area contributed by atoms with Gasteiger partial charge in [0.15, 0.2) is 23.0 Å². The molecule has 1 N–H and O–H groups in total. The van der Waals surface area contributed by atoms with Crippen LogP contribution in [0.5, 0.6) is 34.5 Å². The fourth-order valence-electron chi connectivity index (χ4n) is 4.48. The van der Waals surface area contributed by atoms with Crippen LogP contribution in [0.15, 0.2) is 18.2 Å². The van der Waals surface area contributed by atoms with E-state index in [-0.39, 0.29) is 18.5 Å². The van der Waals surface area contributed by atoms with Crippen molar-refractivity contribution in [2.75, 3.05) is 28.1 Å². The SMILES string of the molecule is COc1cc([C@@H]2c3c(cc(OC)c(OC)c3O)C[C@@H](C)[C@H]2C)cc2c1OCO2. The fourth-order valence-corrected chi connectivity index (χ4v) is 4.48. The number of rotatable bonds is 4. The number of phenolic OH excluding ortho intramolecular Hbond substituents is 1. The van der Waals surface area contributed by atoms with Crippen LogP contribution in [-0.2, 0) is 6.42 Å². The van der Waals surface area contributed by atoms with E-state index in [4.69, 9.17) is 23.7 Å². The van der Waals surface area contributed by atoms with Gasteiger partial charge in [0.05, 0.1) is 21.3 Å². The van der Waals surface area contributed by atoms with E-state index in [1.807, 2.05) is 18.2 Å². The molecular formula is C22H26O6. The monoisotopic (exact) mass is 386 g/mol. The molecule has 0 saturated heterocycles. The lowest BCUT2D eigenvalue weighted by Crippen LogP contribution is -2.27. The van der Waals surface area contributed by atoms with Crippen LogP contribution >= 0.6 is 0 Å². The van der Waals surface area contributed by atoms with Gasteiger partial charge in [-0.15, -0.1) is 0 Å². The van der Waals surface area contributed by atoms with Crippen LogP contribution in [0.4, 0.5) is 0 Å². The van der Waals surface area contributed by atoms with Crippen molar-refractivity contribution in [3.8, 4) is 34.5 Å². The molecule has 0 unspecified atom stereocenters. The normalized spacial score (nSPS) is 22.5. The van der Waals surface area contributed by atoms with Crippen LogP contribution in [0.3, 0.4) is 0 Å². The van der Waals surface area contributed by atoms with Crippen molar-refractivity contribution in [2.45, 2.75) is 26.2 Å². The van der Waals surface area contributed by atoms with Crippen LogP contribution in [0.1, 0.15) is 36.5 Å². The predicted octanol–water partition coefficient (Wildman–Crippen LogP) is 4.11. The Morgan fingerprint density at radius 1 is 0.964 bits per heavy atom. The third kappa shape index (κ3) is 2.70. The Morgan fingerprint density at radius 3 is 2.39 bits per heavy atom. The molecule has 0 fully saturated rings. The number of phenols is 1. The smallest absolute Gasteiger partial charge is 0.231 e. The molecule has 0 aromatic heterocycles. The van der Waals surface area contributed by atoms with E-state index < -0.39 is 0 Å². The summed E-state index contributed by atoms with van der Waals surface area (Å²) in [4.78, 5) is 0. The summed E-state index contributed by atoms with van der Waals surface area (Å²) >= 11 is 0. The highest BCUT2D eigenvalue weighted by atomic mass is 16.7. The average molecular weight is 386 g/mol. The highest BCUT2D eigenvalue weighted by molar-refractivity contribution is 5.64. The van der Waals surface area contributed by atoms with Crippen molar-refractivity contribution < 1.29 is 28.8 Å². The van der Waals surface area contributed by atoms with Crippen molar-refractivity contribution in [3.63, 3.8) is 0 Å². The minimum atomic E-state index is -0.0399. The van der Waals surface area contributed by atoms with E-state index in [0.717, 1.165) is 23.1 Å². The maximum atomic E-state index is 11.1. The first kappa shape index (κ1) is 18.6. The van der Waals surface area contributed by atoms with E-state index in [2.05, 4.69) is 13.8 Å². The maximum absolute atomic E-state index is 11.1. The standard InChI is InChI=1S/C22H26O6/c1-11-6-13-7-16(25-4)22(26-5)20(23)19(13)18(12(11)2)14-8-15(24-3)21-17(9-14)27-10-28-21/h7-9,11-12,18,23H,6,10H2,1-5H3/t11-,12-,18-/m1/s1. The Hall–Kier alpha value is -2.76. The Kier molecular flexibility index (Phi) is 4.65. The summed E-state index contributed by atoms with van der Waals surface area (Å²) in [6.07, 6.45) is 0.864. The first-order chi connectivity index (χ1) is 13.5. The number of hydrogen-bond donors (Lipinski definition) is 1. The van der Waals surface area contributed by atoms with Crippen molar-refractivity contribution in [2.24, 2.45) is 11.8 Å². The van der Waals surface area contributed by atoms with Gasteiger partial charge in [0.2, 0.25) is 18.3 Å². The molecule has 3 atom stereocenters. The molecule has 6 heteroatoms. The molecule has 2 aromatic carbocycles. The van der Waals surface area contributed by atoms with E-state index in [9.17, 15) is 5.11 Å². The minimum Gasteiger partial charge on any atom is -0.504 e. The average Bonchev–Trinajstić information content (AvgIpc) is 3.17. The summed E-state index contributed by atoms with van der Waals surface area (Å²) in [5.41, 5.74) is 2.97. The summed E-state index contributed by atoms with van der Waals surface area (Å²) in [6, 6.07) is 5.95. The Balaban J connectivity index is 1.94. The van der Waals surface area contributed by atoms with Gasteiger partial charge in [-0.1, -0.05) is 13.8 Å². The third-order valence-electron chi connectivity index (χ3n) is 6.09. The van der Waals surface area contributed by atoms with Crippen molar-refractivity contribution in [1.29, 1.82) is 0 Å². The molecule has 1 aliphatic heterocycles. The summed E-state index contributed by atoms with van der Waals surface area (Å²) in [5, 5.41) is 11.1. The predicted molar refractivity (Wildman–Crippen MR) is 104 cm³/mol. The van der Waals surface area contributed by atoms with Crippen LogP contribution in [0.2, 0.25) is 0 Å². The molecule has 2 aliphatic rings. The van der Waals surface area contributed by atoms with Crippen LogP contribution in [-0.4, -0.2) is 33.2 Å². The van der Waals surface area contributed by atoms with Gasteiger partial charge < -0.3 is 28.8 Å². The summed E-state index contributed by atoms with van der Waals surface area (Å²) in [6.45, 7) is 4.63. The van der Waals surface area contributed by atoms with Gasteiger partial charge in [-0.3, -0.25) is 0 Å². The van der Waals surface area contributed by atoms with E-state index in [1.165, 1.54) is 7.11 Å². The Morgan fingerprint density at radius 2 is 1.71 bits per heavy atom. The van der Waals surface area contributed by atoms with Gasteiger partial charge in [-0.25, -0.2) is 0 Å². The number of methoxy groups -OCH3 is 3. The lowest BCUT2D eigenvalue weighted by Gasteiger charge is -2.37. The lowest BCUT2D eigenvalue weighted by atomic mass is 9.67. The molecule has 0 radical (unpaired) electrons. The van der Waals surface area contributed by atoms with Gasteiger partial charge in [0.25, 0.3) is 0 Å². The molecule has 0 spiro atoms. The molecular weight excluding hydrogens is 360 g/mol. The molecule has 1 heterocycles. The molecule has 2 aromatic rings. The second kappa shape index (κ2) is 7.00. The van der Waals surface area contributed by atoms with Crippen LogP contribution in [0, 0.1) is 11.8 Å². The topological polar surface area (TPSA) is 66.4 Å². The van der Waals surface area contributed by atoms with Crippen molar-refractivity contribution in [3.05, 3.63) is 34.9 Å².